The molecule has 0 saturated heterocycles. The summed E-state index contributed by atoms with van der Waals surface area (Å²) in [7, 11) is -1.27. The van der Waals surface area contributed by atoms with Crippen LogP contribution in [0.2, 0.25) is 0 Å². The minimum absolute atomic E-state index is 0.0287. The number of rotatable bonds is 7. The first-order valence-electron chi connectivity index (χ1n) is 9.29. The van der Waals surface area contributed by atoms with Gasteiger partial charge >= 0.3 is 0 Å². The van der Waals surface area contributed by atoms with Crippen molar-refractivity contribution in [3.8, 4) is 5.75 Å². The van der Waals surface area contributed by atoms with Gasteiger partial charge in [-0.15, -0.1) is 0 Å². The molecule has 3 amide bonds. The van der Waals surface area contributed by atoms with Gasteiger partial charge in [-0.25, -0.2) is 8.42 Å². The normalized spacial score (nSPS) is 13.6. The van der Waals surface area contributed by atoms with Crippen LogP contribution in [0.4, 0.5) is 5.69 Å². The van der Waals surface area contributed by atoms with Gasteiger partial charge in [-0.05, 0) is 24.3 Å². The van der Waals surface area contributed by atoms with Crippen molar-refractivity contribution >= 4 is 33.4 Å². The van der Waals surface area contributed by atoms with Gasteiger partial charge in [-0.2, -0.15) is 4.31 Å². The van der Waals surface area contributed by atoms with Gasteiger partial charge in [0.2, 0.25) is 21.8 Å². The summed E-state index contributed by atoms with van der Waals surface area (Å²) < 4.78 is 31.9. The smallest absolute Gasteiger partial charge is 0.253 e. The number of fused-ring (bicyclic) bond motifs is 1. The summed E-state index contributed by atoms with van der Waals surface area (Å²) >= 11 is 0. The lowest BCUT2D eigenvalue weighted by atomic mass is 10.1. The number of benzene rings is 2. The molecule has 11 heteroatoms. The molecule has 10 nitrogen and oxygen atoms in total. The highest BCUT2D eigenvalue weighted by Gasteiger charge is 2.26. The molecule has 3 N–H and O–H groups in total. The Morgan fingerprint density at radius 2 is 1.94 bits per heavy atom. The molecule has 0 atom stereocenters. The second-order valence-corrected chi connectivity index (χ2v) is 8.83. The fraction of sp³-hybridized carbons (Fsp3) is 0.250. The van der Waals surface area contributed by atoms with E-state index in [1.165, 1.54) is 32.4 Å². The zero-order valence-electron chi connectivity index (χ0n) is 17.0. The quantitative estimate of drug-likeness (QED) is 0.561. The summed E-state index contributed by atoms with van der Waals surface area (Å²) in [6, 6.07) is 11.0. The number of ether oxygens (including phenoxy) is 1. The van der Waals surface area contributed by atoms with Crippen LogP contribution < -0.4 is 20.7 Å². The lowest BCUT2D eigenvalue weighted by molar-refractivity contribution is -0.121. The van der Waals surface area contributed by atoms with Crippen LogP contribution >= 0.6 is 0 Å². The molecule has 0 aliphatic carbocycles. The number of sulfonamides is 1. The molecule has 164 valence electrons. The summed E-state index contributed by atoms with van der Waals surface area (Å²) in [6.45, 7) is -0.450. The second kappa shape index (κ2) is 9.14. The molecule has 0 aromatic heterocycles. The molecule has 2 aromatic carbocycles. The number of likely N-dealkylation sites (N-methyl/N-ethyl adjacent to an activating group) is 1. The monoisotopic (exact) mass is 446 g/mol. The van der Waals surface area contributed by atoms with Gasteiger partial charge in [-0.3, -0.25) is 14.4 Å². The van der Waals surface area contributed by atoms with Crippen LogP contribution in [-0.2, 0) is 26.2 Å². The highest BCUT2D eigenvalue weighted by atomic mass is 32.2. The fourth-order valence-electron chi connectivity index (χ4n) is 3.00. The predicted octanol–water partition coefficient (Wildman–Crippen LogP) is 0.314. The Bertz CT molecular complexity index is 1130. The van der Waals surface area contributed by atoms with Crippen molar-refractivity contribution in [3.05, 3.63) is 53.6 Å². The number of carbonyl (C=O) groups is 3. The van der Waals surface area contributed by atoms with Gasteiger partial charge < -0.3 is 20.7 Å². The summed E-state index contributed by atoms with van der Waals surface area (Å²) in [5, 5.41) is 7.59. The third-order valence-electron chi connectivity index (χ3n) is 4.66. The van der Waals surface area contributed by atoms with E-state index in [1.807, 2.05) is 0 Å². The maximum absolute atomic E-state index is 12.9. The molecule has 0 fully saturated rings. The van der Waals surface area contributed by atoms with Crippen molar-refractivity contribution in [3.63, 3.8) is 0 Å². The molecule has 31 heavy (non-hydrogen) atoms. The van der Waals surface area contributed by atoms with Crippen molar-refractivity contribution < 1.29 is 27.5 Å². The van der Waals surface area contributed by atoms with E-state index in [2.05, 4.69) is 16.0 Å². The Hall–Kier alpha value is -3.44. The first kappa shape index (κ1) is 22.2. The second-order valence-electron chi connectivity index (χ2n) is 6.79. The lowest BCUT2D eigenvalue weighted by Gasteiger charge is -2.18. The molecule has 1 heterocycles. The van der Waals surface area contributed by atoms with Gasteiger partial charge in [-0.1, -0.05) is 18.2 Å². The van der Waals surface area contributed by atoms with Crippen molar-refractivity contribution in [2.75, 3.05) is 32.6 Å². The molecule has 0 saturated carbocycles. The molecule has 3 rings (SSSR count). The maximum atomic E-state index is 12.9. The molecule has 0 spiro atoms. The van der Waals surface area contributed by atoms with Gasteiger partial charge in [0, 0.05) is 19.2 Å². The maximum Gasteiger partial charge on any atom is 0.253 e. The van der Waals surface area contributed by atoms with E-state index < -0.39 is 34.3 Å². The van der Waals surface area contributed by atoms with E-state index in [0.717, 1.165) is 9.87 Å². The summed E-state index contributed by atoms with van der Waals surface area (Å²) in [5.74, 6) is -0.870. The van der Waals surface area contributed by atoms with E-state index in [1.54, 1.807) is 24.3 Å². The van der Waals surface area contributed by atoms with E-state index in [-0.39, 0.29) is 29.2 Å². The van der Waals surface area contributed by atoms with Gasteiger partial charge in [0.25, 0.3) is 5.91 Å². The molecule has 0 bridgehead atoms. The average molecular weight is 446 g/mol. The van der Waals surface area contributed by atoms with Crippen LogP contribution in [0.1, 0.15) is 15.9 Å². The van der Waals surface area contributed by atoms with Gasteiger partial charge in [0.15, 0.2) is 0 Å². The standard InChI is InChI=1S/C20H22N4O6S/c1-24(12-19(26)21-10-13-5-3-4-6-17(13)30-2)31(28,29)14-7-8-16-15(9-14)20(27)22-11-18(25)23-16/h3-9H,10-12H2,1-2H3,(H,21,26)(H,22,27)(H,23,25). The Morgan fingerprint density at radius 3 is 2.68 bits per heavy atom. The van der Waals surface area contributed by atoms with Crippen molar-refractivity contribution in [2.45, 2.75) is 11.4 Å². The van der Waals surface area contributed by atoms with E-state index in [0.29, 0.717) is 5.75 Å². The SMILES string of the molecule is COc1ccccc1CNC(=O)CN(C)S(=O)(=O)c1ccc2c(c1)C(=O)NCC(=O)N2. The number of hydrogen-bond acceptors (Lipinski definition) is 6. The number of nitrogens with zero attached hydrogens (tertiary/aromatic N) is 1. The first-order valence-corrected chi connectivity index (χ1v) is 10.7. The zero-order valence-corrected chi connectivity index (χ0v) is 17.8. The van der Waals surface area contributed by atoms with E-state index in [9.17, 15) is 22.8 Å². The highest BCUT2D eigenvalue weighted by Crippen LogP contribution is 2.24. The lowest BCUT2D eigenvalue weighted by Crippen LogP contribution is -2.38. The molecule has 0 radical (unpaired) electrons. The predicted molar refractivity (Wildman–Crippen MR) is 112 cm³/mol. The Kier molecular flexibility index (Phi) is 6.56. The Morgan fingerprint density at radius 1 is 1.19 bits per heavy atom. The number of methoxy groups -OCH3 is 1. The highest BCUT2D eigenvalue weighted by molar-refractivity contribution is 7.89. The first-order chi connectivity index (χ1) is 14.7. The number of hydrogen-bond donors (Lipinski definition) is 3. The third kappa shape index (κ3) is 5.01. The third-order valence-corrected chi connectivity index (χ3v) is 6.46. The largest absolute Gasteiger partial charge is 0.496 e. The minimum atomic E-state index is -4.06. The van der Waals surface area contributed by atoms with Crippen molar-refractivity contribution in [2.24, 2.45) is 0 Å². The van der Waals surface area contributed by atoms with Crippen LogP contribution in [0.3, 0.4) is 0 Å². The number of nitrogens with one attached hydrogen (secondary N) is 3. The van der Waals surface area contributed by atoms with E-state index in [4.69, 9.17) is 4.74 Å². The number of amides is 3. The summed E-state index contributed by atoms with van der Waals surface area (Å²) in [4.78, 5) is 35.9. The Labute approximate surface area is 179 Å². The minimum Gasteiger partial charge on any atom is -0.496 e. The van der Waals surface area contributed by atoms with E-state index >= 15 is 0 Å². The molecule has 0 unspecified atom stereocenters. The van der Waals surface area contributed by atoms with Crippen LogP contribution in [0.25, 0.3) is 0 Å². The van der Waals surface area contributed by atoms with Crippen molar-refractivity contribution in [1.82, 2.24) is 14.9 Å². The van der Waals surface area contributed by atoms with Gasteiger partial charge in [0.05, 0.1) is 36.3 Å². The van der Waals surface area contributed by atoms with Crippen LogP contribution in [0, 0.1) is 0 Å². The summed E-state index contributed by atoms with van der Waals surface area (Å²) in [6.07, 6.45) is 0. The molecular formula is C20H22N4O6S. The van der Waals surface area contributed by atoms with Crippen LogP contribution in [0.15, 0.2) is 47.4 Å². The van der Waals surface area contributed by atoms with Crippen LogP contribution in [-0.4, -0.2) is 57.7 Å². The molecule has 1 aliphatic heterocycles. The zero-order chi connectivity index (χ0) is 22.6. The number of carbonyl (C=O) groups excluding carboxylic acids is 3. The topological polar surface area (TPSA) is 134 Å². The Balaban J connectivity index is 1.71. The summed E-state index contributed by atoms with van der Waals surface area (Å²) in [5.41, 5.74) is 1.000. The molecular weight excluding hydrogens is 424 g/mol. The number of anilines is 1. The molecule has 1 aliphatic rings. The van der Waals surface area contributed by atoms with Gasteiger partial charge in [0.1, 0.15) is 5.75 Å². The number of para-hydroxylation sites is 1. The fourth-order valence-corrected chi connectivity index (χ4v) is 4.15. The average Bonchev–Trinajstić information content (AvgIpc) is 2.90. The van der Waals surface area contributed by atoms with Crippen LogP contribution in [0.5, 0.6) is 5.75 Å². The van der Waals surface area contributed by atoms with Crippen molar-refractivity contribution in [1.29, 1.82) is 0 Å². The molecule has 2 aromatic rings.